The molecule has 0 bridgehead atoms. The third-order valence-corrected chi connectivity index (χ3v) is 0.111. The van der Waals surface area contributed by atoms with Crippen molar-refractivity contribution in [3.05, 3.63) is 25.3 Å². The van der Waals surface area contributed by atoms with E-state index < -0.39 is 0 Å². The van der Waals surface area contributed by atoms with Crippen LogP contribution >= 0.6 is 0 Å². The molecule has 0 aliphatic carbocycles. The van der Waals surface area contributed by atoms with Crippen molar-refractivity contribution in [1.29, 1.82) is 0 Å². The molecule has 0 spiro atoms. The van der Waals surface area contributed by atoms with Gasteiger partial charge in [-0.25, -0.2) is 0 Å². The van der Waals surface area contributed by atoms with Crippen molar-refractivity contribution >= 4 is 0 Å². The predicted molar refractivity (Wildman–Crippen MR) is 29.1 cm³/mol. The molecule has 0 N–H and O–H groups in total. The van der Waals surface area contributed by atoms with E-state index in [2.05, 4.69) is 0 Å². The molecule has 0 aliphatic rings. The summed E-state index contributed by atoms with van der Waals surface area (Å²) in [6, 6.07) is 0. The van der Waals surface area contributed by atoms with E-state index in [1.807, 2.05) is 13.8 Å². The maximum absolute atomic E-state index is 4.72. The minimum absolute atomic E-state index is 0. The van der Waals surface area contributed by atoms with Gasteiger partial charge in [-0.1, -0.05) is 13.8 Å². The molecule has 0 heterocycles. The predicted octanol–water partition coefficient (Wildman–Crippen LogP) is 1.99. The molecule has 1 radical (unpaired) electrons. The summed E-state index contributed by atoms with van der Waals surface area (Å²) in [5.74, 6) is 0. The maximum atomic E-state index is 4.72. The molecule has 0 atom stereocenters. The van der Waals surface area contributed by atoms with Gasteiger partial charge in [-0.2, -0.15) is 0 Å². The van der Waals surface area contributed by atoms with Gasteiger partial charge in [0.15, 0.2) is 0 Å². The largest absolute Gasteiger partial charge is 0.394 e. The van der Waals surface area contributed by atoms with Crippen LogP contribution in [0.5, 0.6) is 0 Å². The second-order valence-electron chi connectivity index (χ2n) is 0.385. The molecule has 0 aromatic heterocycles. The second-order valence-corrected chi connectivity index (χ2v) is 0.385. The normalized spacial score (nSPS) is 3.71. The van der Waals surface area contributed by atoms with Gasteiger partial charge in [0.25, 0.3) is 0 Å². The van der Waals surface area contributed by atoms with Gasteiger partial charge < -0.3 is 25.3 Å². The fourth-order valence-corrected chi connectivity index (χ4v) is 0. The van der Waals surface area contributed by atoms with Crippen LogP contribution in [0.1, 0.15) is 13.8 Å². The van der Waals surface area contributed by atoms with Crippen LogP contribution in [0.15, 0.2) is 12.2 Å². The molecule has 0 fully saturated rings. The first-order valence-corrected chi connectivity index (χ1v) is 2.00. The molecule has 0 aromatic carbocycles. The van der Waals surface area contributed by atoms with E-state index in [1.54, 1.807) is 0 Å². The van der Waals surface area contributed by atoms with Crippen molar-refractivity contribution in [3.8, 4) is 0 Å². The molecule has 0 saturated carbocycles. The molecular formula is C6H10Y-2. The van der Waals surface area contributed by atoms with Crippen LogP contribution in [0, 0.1) is 13.2 Å². The molecule has 0 amide bonds. The van der Waals surface area contributed by atoms with Gasteiger partial charge >= 0.3 is 0 Å². The van der Waals surface area contributed by atoms with Crippen molar-refractivity contribution in [2.24, 2.45) is 0 Å². The van der Waals surface area contributed by atoms with Gasteiger partial charge in [0.2, 0.25) is 0 Å². The van der Waals surface area contributed by atoms with Gasteiger partial charge in [-0.05, 0) is 0 Å². The van der Waals surface area contributed by atoms with Crippen LogP contribution in [0.2, 0.25) is 0 Å². The Morgan fingerprint density at radius 3 is 1.14 bits per heavy atom. The zero-order valence-electron chi connectivity index (χ0n) is 4.89. The van der Waals surface area contributed by atoms with E-state index in [-0.39, 0.29) is 32.7 Å². The van der Waals surface area contributed by atoms with Crippen molar-refractivity contribution in [3.63, 3.8) is 0 Å². The van der Waals surface area contributed by atoms with E-state index in [9.17, 15) is 0 Å². The summed E-state index contributed by atoms with van der Waals surface area (Å²) in [6.45, 7) is 13.4. The van der Waals surface area contributed by atoms with Gasteiger partial charge in [0, 0.05) is 32.7 Å². The second kappa shape index (κ2) is 30.7. The minimum Gasteiger partial charge on any atom is -0.394 e. The molecular weight excluding hydrogens is 161 g/mol. The number of allylic oxidation sites excluding steroid dienone is 2. The molecule has 0 aromatic rings. The fourth-order valence-electron chi connectivity index (χ4n) is 0. The Morgan fingerprint density at radius 2 is 1.14 bits per heavy atom. The first-order valence-electron chi connectivity index (χ1n) is 2.00. The number of rotatable bonds is 1. The van der Waals surface area contributed by atoms with Crippen LogP contribution in [0.4, 0.5) is 0 Å². The zero-order chi connectivity index (χ0) is 5.41. The average molecular weight is 171 g/mol. The van der Waals surface area contributed by atoms with Gasteiger partial charge in [-0.3, -0.25) is 0 Å². The Bertz CT molecular complexity index is 25.2. The Morgan fingerprint density at radius 1 is 1.00 bits per heavy atom. The Balaban J connectivity index is -0.0000000480. The summed E-state index contributed by atoms with van der Waals surface area (Å²) in [6.07, 6.45) is 2.56. The zero-order valence-corrected chi connectivity index (χ0v) is 7.73. The topological polar surface area (TPSA) is 0 Å². The minimum atomic E-state index is 0. The summed E-state index contributed by atoms with van der Waals surface area (Å²) in [5, 5.41) is 0. The maximum Gasteiger partial charge on any atom is 0 e. The van der Waals surface area contributed by atoms with E-state index in [0.717, 1.165) is 0 Å². The summed E-state index contributed by atoms with van der Waals surface area (Å²) in [7, 11) is 0. The molecule has 0 rings (SSSR count). The summed E-state index contributed by atoms with van der Waals surface area (Å²) >= 11 is 0. The van der Waals surface area contributed by atoms with E-state index >= 15 is 0 Å². The average Bonchev–Trinajstić information content (AvgIpc) is 1.72. The van der Waals surface area contributed by atoms with Crippen molar-refractivity contribution in [2.45, 2.75) is 13.8 Å². The van der Waals surface area contributed by atoms with Crippen LogP contribution < -0.4 is 0 Å². The SMILES string of the molecule is CC.[CH-]=CC=[CH-].[Y]. The van der Waals surface area contributed by atoms with E-state index in [4.69, 9.17) is 13.2 Å². The van der Waals surface area contributed by atoms with Crippen molar-refractivity contribution in [1.82, 2.24) is 0 Å². The molecule has 0 aliphatic heterocycles. The summed E-state index contributed by atoms with van der Waals surface area (Å²) in [5.41, 5.74) is 0. The molecule has 0 saturated heterocycles. The first kappa shape index (κ1) is 15.6. The number of hydrogen-bond donors (Lipinski definition) is 0. The van der Waals surface area contributed by atoms with Crippen LogP contribution in [0.25, 0.3) is 0 Å². The summed E-state index contributed by atoms with van der Waals surface area (Å²) in [4.78, 5) is 0. The Labute approximate surface area is 71.6 Å². The Kier molecular flexibility index (Phi) is 68.7. The molecule has 0 unspecified atom stereocenters. The molecule has 7 heavy (non-hydrogen) atoms. The van der Waals surface area contributed by atoms with Crippen molar-refractivity contribution in [2.75, 3.05) is 0 Å². The van der Waals surface area contributed by atoms with E-state index in [1.165, 1.54) is 12.2 Å². The molecule has 39 valence electrons. The third-order valence-electron chi connectivity index (χ3n) is 0.111. The fraction of sp³-hybridized carbons (Fsp3) is 0.333. The third kappa shape index (κ3) is 55.1. The smallest absolute Gasteiger partial charge is 0 e. The molecule has 1 heteroatoms. The van der Waals surface area contributed by atoms with Crippen LogP contribution in [-0.4, -0.2) is 0 Å². The standard InChI is InChI=1S/C4H4.C2H6.Y/c1-3-4-2;1-2;/h1-4H;1-2H3;/q-2;;. The quantitative estimate of drug-likeness (QED) is 0.418. The Hall–Kier alpha value is 0.584. The number of hydrogen-bond acceptors (Lipinski definition) is 0. The van der Waals surface area contributed by atoms with Gasteiger partial charge in [0.1, 0.15) is 0 Å². The first-order chi connectivity index (χ1) is 2.91. The van der Waals surface area contributed by atoms with Gasteiger partial charge in [-0.15, -0.1) is 0 Å². The van der Waals surface area contributed by atoms with Crippen molar-refractivity contribution < 1.29 is 32.7 Å². The van der Waals surface area contributed by atoms with Gasteiger partial charge in [0.05, 0.1) is 0 Å². The van der Waals surface area contributed by atoms with E-state index in [0.29, 0.717) is 0 Å². The van der Waals surface area contributed by atoms with Crippen LogP contribution in [0.3, 0.4) is 0 Å². The molecule has 0 nitrogen and oxygen atoms in total. The van der Waals surface area contributed by atoms with Crippen LogP contribution in [-0.2, 0) is 32.7 Å². The summed E-state index contributed by atoms with van der Waals surface area (Å²) < 4.78 is 0. The monoisotopic (exact) mass is 171 g/mol.